The molecule has 1 aliphatic heterocycles. The highest BCUT2D eigenvalue weighted by Gasteiger charge is 2.49. The fourth-order valence-electron chi connectivity index (χ4n) is 6.49. The number of rotatable bonds is 6. The van der Waals surface area contributed by atoms with Gasteiger partial charge in [0.05, 0.1) is 31.9 Å². The van der Waals surface area contributed by atoms with Crippen LogP contribution in [0.2, 0.25) is 0 Å². The van der Waals surface area contributed by atoms with Crippen LogP contribution >= 0.6 is 11.3 Å². The molecule has 2 aromatic rings. The first-order valence-electron chi connectivity index (χ1n) is 13.1. The maximum Gasteiger partial charge on any atom is 0.341 e. The van der Waals surface area contributed by atoms with Crippen molar-refractivity contribution in [2.75, 3.05) is 32.6 Å². The summed E-state index contributed by atoms with van der Waals surface area (Å²) in [6, 6.07) is 7.94. The predicted molar refractivity (Wildman–Crippen MR) is 140 cm³/mol. The lowest BCUT2D eigenvalue weighted by Gasteiger charge is -2.52. The minimum absolute atomic E-state index is 0.0580. The number of benzene rings is 1. The lowest BCUT2D eigenvalue weighted by atomic mass is 9.66. The van der Waals surface area contributed by atoms with E-state index in [1.807, 2.05) is 12.1 Å². The number of anilines is 1. The van der Waals surface area contributed by atoms with Crippen LogP contribution in [0.5, 0.6) is 5.75 Å². The lowest BCUT2D eigenvalue weighted by Crippen LogP contribution is -2.56. The van der Waals surface area contributed by atoms with Crippen molar-refractivity contribution in [1.82, 2.24) is 4.90 Å². The van der Waals surface area contributed by atoms with Crippen molar-refractivity contribution in [1.29, 1.82) is 0 Å². The average Bonchev–Trinajstić information content (AvgIpc) is 3.26. The van der Waals surface area contributed by atoms with Gasteiger partial charge in [0.15, 0.2) is 0 Å². The van der Waals surface area contributed by atoms with Crippen molar-refractivity contribution >= 4 is 28.2 Å². The molecule has 5 rings (SSSR count). The number of thiophene rings is 1. The summed E-state index contributed by atoms with van der Waals surface area (Å²) in [7, 11) is 3.04. The van der Waals surface area contributed by atoms with Gasteiger partial charge in [-0.25, -0.2) is 4.79 Å². The number of nitrogens with zero attached hydrogens (tertiary/aromatic N) is 1. The molecule has 3 atom stereocenters. The Morgan fingerprint density at radius 1 is 1.11 bits per heavy atom. The number of piperidine rings is 1. The molecule has 2 fully saturated rings. The normalized spacial score (nSPS) is 26.0. The Morgan fingerprint density at radius 2 is 1.89 bits per heavy atom. The number of likely N-dealkylation sites (tertiary alicyclic amines) is 1. The standard InChI is InChI=1S/C28H36N2O5S/c1-34-19-12-10-18(11-13-19)25-21-8-5-6-14-28(21,33)15-16-30(25)17-23(31)29-26-24(27(32)35-2)20-7-3-4-9-22(20)36-26/h10-13,21,25,33H,3-9,14-17H2,1-2H3,(H,29,31)/t21-,25-,28-/m0/s1. The second kappa shape index (κ2) is 10.5. The van der Waals surface area contributed by atoms with Gasteiger partial charge in [-0.2, -0.15) is 0 Å². The van der Waals surface area contributed by atoms with Gasteiger partial charge in [-0.15, -0.1) is 11.3 Å². The average molecular weight is 513 g/mol. The molecule has 0 spiro atoms. The Balaban J connectivity index is 1.40. The first-order valence-corrected chi connectivity index (χ1v) is 13.9. The first-order chi connectivity index (χ1) is 17.4. The Labute approximate surface area is 216 Å². The number of aryl methyl sites for hydroxylation is 1. The van der Waals surface area contributed by atoms with Crippen LogP contribution in [-0.2, 0) is 22.4 Å². The van der Waals surface area contributed by atoms with E-state index in [9.17, 15) is 14.7 Å². The van der Waals surface area contributed by atoms with E-state index in [4.69, 9.17) is 9.47 Å². The fourth-order valence-corrected chi connectivity index (χ4v) is 7.78. The van der Waals surface area contributed by atoms with E-state index in [1.165, 1.54) is 23.3 Å². The second-order valence-electron chi connectivity index (χ2n) is 10.3. The molecule has 194 valence electrons. The number of amides is 1. The minimum Gasteiger partial charge on any atom is -0.497 e. The zero-order valence-corrected chi connectivity index (χ0v) is 22.0. The van der Waals surface area contributed by atoms with E-state index in [1.54, 1.807) is 7.11 Å². The third-order valence-corrected chi connectivity index (χ3v) is 9.50. The van der Waals surface area contributed by atoms with Crippen LogP contribution in [0.1, 0.15) is 77.3 Å². The summed E-state index contributed by atoms with van der Waals surface area (Å²) in [5.74, 6) is 0.334. The summed E-state index contributed by atoms with van der Waals surface area (Å²) in [5.41, 5.74) is 1.96. The van der Waals surface area contributed by atoms with Gasteiger partial charge >= 0.3 is 5.97 Å². The van der Waals surface area contributed by atoms with Crippen molar-refractivity contribution in [2.45, 2.75) is 69.4 Å². The van der Waals surface area contributed by atoms with E-state index >= 15 is 0 Å². The number of carbonyl (C=O) groups is 2. The molecule has 1 aromatic heterocycles. The van der Waals surface area contributed by atoms with Gasteiger partial charge in [0, 0.05) is 23.4 Å². The van der Waals surface area contributed by atoms with Gasteiger partial charge in [0.1, 0.15) is 10.8 Å². The molecule has 1 saturated carbocycles. The number of aliphatic hydroxyl groups is 1. The SMILES string of the molecule is COC(=O)c1c(NC(=O)CN2CC[C@@]3(O)CCCC[C@H]3[C@@H]2c2ccc(OC)cc2)sc2c1CCCC2. The van der Waals surface area contributed by atoms with Gasteiger partial charge in [0.2, 0.25) is 5.91 Å². The molecule has 36 heavy (non-hydrogen) atoms. The van der Waals surface area contributed by atoms with Crippen LogP contribution in [0.25, 0.3) is 0 Å². The molecule has 2 heterocycles. The molecule has 7 nitrogen and oxygen atoms in total. The Bertz CT molecular complexity index is 1110. The Kier molecular flexibility index (Phi) is 7.37. The van der Waals surface area contributed by atoms with Crippen molar-refractivity contribution in [2.24, 2.45) is 5.92 Å². The van der Waals surface area contributed by atoms with Gasteiger partial charge in [0.25, 0.3) is 0 Å². The number of hydrogen-bond donors (Lipinski definition) is 2. The highest BCUT2D eigenvalue weighted by atomic mass is 32.1. The fraction of sp³-hybridized carbons (Fsp3) is 0.571. The number of nitrogens with one attached hydrogen (secondary N) is 1. The molecule has 3 aliphatic rings. The number of methoxy groups -OCH3 is 2. The predicted octanol–water partition coefficient (Wildman–Crippen LogP) is 4.73. The number of fused-ring (bicyclic) bond motifs is 2. The molecule has 1 saturated heterocycles. The van der Waals surface area contributed by atoms with E-state index in [0.29, 0.717) is 23.5 Å². The summed E-state index contributed by atoms with van der Waals surface area (Å²) in [6.07, 6.45) is 8.47. The van der Waals surface area contributed by atoms with Crippen molar-refractivity contribution in [3.63, 3.8) is 0 Å². The van der Waals surface area contributed by atoms with Gasteiger partial charge in [-0.05, 0) is 68.2 Å². The van der Waals surface area contributed by atoms with E-state index in [-0.39, 0.29) is 30.4 Å². The molecule has 2 aliphatic carbocycles. The smallest absolute Gasteiger partial charge is 0.341 e. The van der Waals surface area contributed by atoms with Gasteiger partial charge < -0.3 is 19.9 Å². The third-order valence-electron chi connectivity index (χ3n) is 8.29. The number of hydrogen-bond acceptors (Lipinski definition) is 7. The number of ether oxygens (including phenoxy) is 2. The van der Waals surface area contributed by atoms with Crippen LogP contribution in [0, 0.1) is 5.92 Å². The number of carbonyl (C=O) groups excluding carboxylic acids is 2. The third kappa shape index (κ3) is 4.78. The van der Waals surface area contributed by atoms with Crippen LogP contribution < -0.4 is 10.1 Å². The largest absolute Gasteiger partial charge is 0.497 e. The van der Waals surface area contributed by atoms with Gasteiger partial charge in [-0.1, -0.05) is 25.0 Å². The molecule has 0 bridgehead atoms. The highest BCUT2D eigenvalue weighted by molar-refractivity contribution is 7.17. The summed E-state index contributed by atoms with van der Waals surface area (Å²) in [5, 5.41) is 15.2. The van der Waals surface area contributed by atoms with E-state index in [0.717, 1.165) is 68.2 Å². The quantitative estimate of drug-likeness (QED) is 0.544. The molecular formula is C28H36N2O5S. The Morgan fingerprint density at radius 3 is 2.64 bits per heavy atom. The first kappa shape index (κ1) is 25.2. The molecule has 0 unspecified atom stereocenters. The summed E-state index contributed by atoms with van der Waals surface area (Å²) < 4.78 is 10.4. The number of esters is 1. The molecule has 0 radical (unpaired) electrons. The van der Waals surface area contributed by atoms with Crippen molar-refractivity contribution in [3.8, 4) is 5.75 Å². The minimum atomic E-state index is -0.694. The summed E-state index contributed by atoms with van der Waals surface area (Å²) in [4.78, 5) is 29.4. The molecular weight excluding hydrogens is 476 g/mol. The van der Waals surface area contributed by atoms with E-state index < -0.39 is 5.60 Å². The van der Waals surface area contributed by atoms with Crippen LogP contribution in [0.15, 0.2) is 24.3 Å². The topological polar surface area (TPSA) is 88.1 Å². The van der Waals surface area contributed by atoms with Crippen LogP contribution in [0.4, 0.5) is 5.00 Å². The van der Waals surface area contributed by atoms with Crippen molar-refractivity contribution < 1.29 is 24.2 Å². The second-order valence-corrected chi connectivity index (χ2v) is 11.5. The van der Waals surface area contributed by atoms with Crippen LogP contribution in [-0.4, -0.2) is 54.8 Å². The highest BCUT2D eigenvalue weighted by Crippen LogP contribution is 2.49. The molecule has 1 amide bonds. The maximum absolute atomic E-state index is 13.4. The lowest BCUT2D eigenvalue weighted by molar-refractivity contribution is -0.135. The molecule has 1 aromatic carbocycles. The zero-order valence-electron chi connectivity index (χ0n) is 21.2. The Hall–Kier alpha value is -2.42. The monoisotopic (exact) mass is 512 g/mol. The van der Waals surface area contributed by atoms with E-state index in [2.05, 4.69) is 22.3 Å². The maximum atomic E-state index is 13.4. The molecule has 2 N–H and O–H groups in total. The zero-order chi connectivity index (χ0) is 25.3. The van der Waals surface area contributed by atoms with Crippen LogP contribution in [0.3, 0.4) is 0 Å². The summed E-state index contributed by atoms with van der Waals surface area (Å²) in [6.45, 7) is 0.842. The van der Waals surface area contributed by atoms with Gasteiger partial charge in [-0.3, -0.25) is 9.69 Å². The summed E-state index contributed by atoms with van der Waals surface area (Å²) >= 11 is 1.51. The molecule has 8 heteroatoms. The van der Waals surface area contributed by atoms with Crippen molar-refractivity contribution in [3.05, 3.63) is 45.8 Å².